The van der Waals surface area contributed by atoms with Gasteiger partial charge in [-0.3, -0.25) is 13.8 Å². The van der Waals surface area contributed by atoms with Gasteiger partial charge in [0.2, 0.25) is 5.91 Å². The summed E-state index contributed by atoms with van der Waals surface area (Å²) >= 11 is 1.43. The monoisotopic (exact) mass is 857 g/mol. The Bertz CT molecular complexity index is 2310. The molecular formula is C45H51N3O10S2. The van der Waals surface area contributed by atoms with E-state index in [4.69, 9.17) is 32.9 Å². The number of rotatable bonds is 23. The molecule has 1 N–H and O–H groups in total. The highest BCUT2D eigenvalue weighted by atomic mass is 32.2. The molecule has 1 aliphatic rings. The maximum atomic E-state index is 13.3. The zero-order valence-electron chi connectivity index (χ0n) is 34.1. The standard InChI is InChI=1S/C45H51N3O10S2/c1-32-11-14-39(15-12-32)60(51,52)58-28-26-56-24-22-54-20-19-53-21-23-55-25-27-57-38-9-6-8-35(29-38)30-42(49)46-45-47-43(34(3)59-45)37-13-16-41-36(31-37)17-18-48(41)44(50)40-10-5-4-7-33(40)2/h4-16,29,31H,17-28,30H2,1-3H3,(H,46,47,49). The van der Waals surface area contributed by atoms with Crippen molar-refractivity contribution < 1.29 is 45.9 Å². The predicted octanol–water partition coefficient (Wildman–Crippen LogP) is 6.97. The summed E-state index contributed by atoms with van der Waals surface area (Å²) in [5.41, 5.74) is 7.25. The minimum Gasteiger partial charge on any atom is -0.491 e. The zero-order valence-corrected chi connectivity index (χ0v) is 35.8. The van der Waals surface area contributed by atoms with Crippen molar-refractivity contribution in [3.8, 4) is 17.0 Å². The fraction of sp³-hybridized carbons (Fsp3) is 0.356. The van der Waals surface area contributed by atoms with E-state index in [0.29, 0.717) is 75.8 Å². The normalized spacial score (nSPS) is 12.4. The summed E-state index contributed by atoms with van der Waals surface area (Å²) in [5, 5.41) is 3.49. The summed E-state index contributed by atoms with van der Waals surface area (Å²) in [5.74, 6) is 0.477. The summed E-state index contributed by atoms with van der Waals surface area (Å²) in [6.07, 6.45) is 0.930. The number of fused-ring (bicyclic) bond motifs is 1. The first-order chi connectivity index (χ1) is 29.1. The summed E-state index contributed by atoms with van der Waals surface area (Å²) in [4.78, 5) is 34.1. The van der Waals surface area contributed by atoms with Gasteiger partial charge >= 0.3 is 0 Å². The number of benzene rings is 4. The third-order valence-corrected chi connectivity index (χ3v) is 11.8. The van der Waals surface area contributed by atoms with Crippen molar-refractivity contribution in [1.29, 1.82) is 0 Å². The maximum absolute atomic E-state index is 13.3. The van der Waals surface area contributed by atoms with E-state index < -0.39 is 10.1 Å². The van der Waals surface area contributed by atoms with Crippen LogP contribution in [-0.2, 0) is 50.9 Å². The molecular weight excluding hydrogens is 807 g/mol. The van der Waals surface area contributed by atoms with Crippen molar-refractivity contribution in [2.24, 2.45) is 0 Å². The smallest absolute Gasteiger partial charge is 0.297 e. The molecule has 0 bridgehead atoms. The van der Waals surface area contributed by atoms with Gasteiger partial charge in [0, 0.05) is 28.2 Å². The summed E-state index contributed by atoms with van der Waals surface area (Å²) in [6, 6.07) is 27.6. The number of aromatic nitrogens is 1. The highest BCUT2D eigenvalue weighted by molar-refractivity contribution is 7.86. The molecule has 0 saturated heterocycles. The molecule has 4 aromatic carbocycles. The minimum absolute atomic E-state index is 0.0109. The van der Waals surface area contributed by atoms with Gasteiger partial charge in [0.15, 0.2) is 5.13 Å². The molecule has 0 unspecified atom stereocenters. The topological polar surface area (TPSA) is 152 Å². The predicted molar refractivity (Wildman–Crippen MR) is 231 cm³/mol. The number of hydrogen-bond acceptors (Lipinski definition) is 12. The van der Waals surface area contributed by atoms with Crippen LogP contribution in [0.1, 0.15) is 37.5 Å². The molecule has 0 saturated carbocycles. The van der Waals surface area contributed by atoms with Gasteiger partial charge in [0.25, 0.3) is 16.0 Å². The van der Waals surface area contributed by atoms with E-state index in [0.717, 1.165) is 50.5 Å². The van der Waals surface area contributed by atoms with Gasteiger partial charge in [-0.2, -0.15) is 8.42 Å². The number of aryl methyl sites for hydroxylation is 3. The molecule has 0 radical (unpaired) electrons. The molecule has 318 valence electrons. The molecule has 2 heterocycles. The Morgan fingerprint density at radius 3 is 2.12 bits per heavy atom. The van der Waals surface area contributed by atoms with Gasteiger partial charge in [-0.25, -0.2) is 4.98 Å². The van der Waals surface area contributed by atoms with Crippen molar-refractivity contribution in [2.75, 3.05) is 82.8 Å². The molecule has 0 spiro atoms. The van der Waals surface area contributed by atoms with E-state index in [1.54, 1.807) is 12.1 Å². The number of hydrogen-bond donors (Lipinski definition) is 1. The molecule has 0 atom stereocenters. The molecule has 1 aliphatic heterocycles. The summed E-state index contributed by atoms with van der Waals surface area (Å²) in [7, 11) is -3.80. The molecule has 13 nitrogen and oxygen atoms in total. The van der Waals surface area contributed by atoms with E-state index in [1.165, 1.54) is 23.5 Å². The van der Waals surface area contributed by atoms with Gasteiger partial charge in [0.1, 0.15) is 12.4 Å². The van der Waals surface area contributed by atoms with E-state index in [1.807, 2.05) is 86.3 Å². The number of thiazole rings is 1. The molecule has 5 aromatic rings. The largest absolute Gasteiger partial charge is 0.491 e. The van der Waals surface area contributed by atoms with Gasteiger partial charge < -0.3 is 33.9 Å². The van der Waals surface area contributed by atoms with E-state index >= 15 is 0 Å². The second-order valence-electron chi connectivity index (χ2n) is 14.0. The van der Waals surface area contributed by atoms with Gasteiger partial charge in [-0.15, -0.1) is 11.3 Å². The van der Waals surface area contributed by atoms with Crippen LogP contribution in [-0.4, -0.2) is 97.8 Å². The van der Waals surface area contributed by atoms with Crippen LogP contribution in [0.15, 0.2) is 95.9 Å². The van der Waals surface area contributed by atoms with Gasteiger partial charge in [0.05, 0.1) is 76.5 Å². The van der Waals surface area contributed by atoms with Crippen LogP contribution in [0.2, 0.25) is 0 Å². The van der Waals surface area contributed by atoms with E-state index in [-0.39, 0.29) is 36.3 Å². The van der Waals surface area contributed by atoms with Crippen LogP contribution in [0.3, 0.4) is 0 Å². The highest BCUT2D eigenvalue weighted by Gasteiger charge is 2.27. The lowest BCUT2D eigenvalue weighted by Gasteiger charge is -2.18. The zero-order chi connectivity index (χ0) is 42.3. The number of carbonyl (C=O) groups is 2. The first-order valence-corrected chi connectivity index (χ1v) is 22.1. The fourth-order valence-corrected chi connectivity index (χ4v) is 8.23. The molecule has 0 aliphatic carbocycles. The lowest BCUT2D eigenvalue weighted by Crippen LogP contribution is -2.29. The summed E-state index contributed by atoms with van der Waals surface area (Å²) in [6.45, 7) is 9.46. The first kappa shape index (κ1) is 44.5. The van der Waals surface area contributed by atoms with Gasteiger partial charge in [-0.1, -0.05) is 54.1 Å². The number of amides is 2. The second kappa shape index (κ2) is 22.0. The third kappa shape index (κ3) is 12.8. The Labute approximate surface area is 355 Å². The lowest BCUT2D eigenvalue weighted by atomic mass is 10.0. The Balaban J connectivity index is 0.813. The first-order valence-electron chi connectivity index (χ1n) is 19.8. The van der Waals surface area contributed by atoms with E-state index in [2.05, 4.69) is 11.4 Å². The van der Waals surface area contributed by atoms with Crippen molar-refractivity contribution in [3.63, 3.8) is 0 Å². The summed E-state index contributed by atoms with van der Waals surface area (Å²) < 4.78 is 57.1. The van der Waals surface area contributed by atoms with E-state index in [9.17, 15) is 18.0 Å². The Morgan fingerprint density at radius 1 is 0.750 bits per heavy atom. The quantitative estimate of drug-likeness (QED) is 0.0536. The van der Waals surface area contributed by atoms with Crippen molar-refractivity contribution in [2.45, 2.75) is 38.5 Å². The Hall–Kier alpha value is -5.00. The number of carbonyl (C=O) groups excluding carboxylic acids is 2. The lowest BCUT2D eigenvalue weighted by molar-refractivity contribution is -0.115. The second-order valence-corrected chi connectivity index (χ2v) is 16.9. The Morgan fingerprint density at radius 2 is 1.42 bits per heavy atom. The number of ether oxygens (including phenoxy) is 5. The average Bonchev–Trinajstić information content (AvgIpc) is 3.83. The average molecular weight is 858 g/mol. The van der Waals surface area contributed by atoms with Crippen LogP contribution in [0, 0.1) is 20.8 Å². The van der Waals surface area contributed by atoms with Crippen LogP contribution in [0.4, 0.5) is 10.8 Å². The molecule has 60 heavy (non-hydrogen) atoms. The molecule has 0 fully saturated rings. The van der Waals surface area contributed by atoms with Crippen molar-refractivity contribution in [3.05, 3.63) is 124 Å². The SMILES string of the molecule is Cc1ccc(S(=O)(=O)OCCOCCOCCOCCOCCOc2cccc(CC(=O)Nc3nc(-c4ccc5c(c4)CCN5C(=O)c4ccccc4C)c(C)s3)c2)cc1. The number of nitrogens with zero attached hydrogens (tertiary/aromatic N) is 2. The maximum Gasteiger partial charge on any atom is 0.297 e. The van der Waals surface area contributed by atoms with Crippen LogP contribution < -0.4 is 15.0 Å². The Kier molecular flexibility index (Phi) is 16.3. The van der Waals surface area contributed by atoms with Crippen LogP contribution in [0.5, 0.6) is 5.75 Å². The molecule has 2 amide bonds. The fourth-order valence-electron chi connectivity index (χ4n) is 6.49. The molecule has 6 rings (SSSR count). The van der Waals surface area contributed by atoms with Crippen molar-refractivity contribution >= 4 is 44.1 Å². The molecule has 15 heteroatoms. The molecule has 1 aromatic heterocycles. The third-order valence-electron chi connectivity index (χ3n) is 9.56. The van der Waals surface area contributed by atoms with Crippen LogP contribution in [0.25, 0.3) is 11.3 Å². The van der Waals surface area contributed by atoms with Gasteiger partial charge in [-0.05, 0) is 86.3 Å². The highest BCUT2D eigenvalue weighted by Crippen LogP contribution is 2.36. The van der Waals surface area contributed by atoms with Crippen molar-refractivity contribution in [1.82, 2.24) is 4.98 Å². The number of nitrogens with one attached hydrogen (secondary N) is 1. The number of anilines is 2. The van der Waals surface area contributed by atoms with Crippen LogP contribution >= 0.6 is 11.3 Å². The minimum atomic E-state index is -3.80.